The Kier molecular flexibility index (Phi) is 7.19. The van der Waals surface area contributed by atoms with Crippen LogP contribution in [0.3, 0.4) is 0 Å². The summed E-state index contributed by atoms with van der Waals surface area (Å²) in [7, 11) is 1.58. The molecule has 0 bridgehead atoms. The Bertz CT molecular complexity index is 1130. The van der Waals surface area contributed by atoms with E-state index in [1.165, 1.54) is 6.92 Å². The van der Waals surface area contributed by atoms with Gasteiger partial charge in [-0.3, -0.25) is 20.0 Å². The summed E-state index contributed by atoms with van der Waals surface area (Å²) >= 11 is 0. The number of hydrogen-bond acceptors (Lipinski definition) is 8. The summed E-state index contributed by atoms with van der Waals surface area (Å²) in [5.74, 6) is 1.73. The molecule has 3 aromatic rings. The lowest BCUT2D eigenvalue weighted by Crippen LogP contribution is -2.45. The van der Waals surface area contributed by atoms with Crippen molar-refractivity contribution in [3.05, 3.63) is 36.0 Å². The van der Waals surface area contributed by atoms with Crippen molar-refractivity contribution in [2.45, 2.75) is 63.8 Å². The number of benzene rings is 1. The number of amides is 2. The number of aryl methyl sites for hydroxylation is 1. The van der Waals surface area contributed by atoms with E-state index in [2.05, 4.69) is 36.0 Å². The van der Waals surface area contributed by atoms with E-state index in [-0.39, 0.29) is 30.6 Å². The first-order valence-electron chi connectivity index (χ1n) is 11.5. The molecular formula is C23H29N7O4. The van der Waals surface area contributed by atoms with E-state index in [4.69, 9.17) is 9.26 Å². The molecule has 0 radical (unpaired) electrons. The summed E-state index contributed by atoms with van der Waals surface area (Å²) < 4.78 is 10.7. The van der Waals surface area contributed by atoms with E-state index in [0.29, 0.717) is 23.3 Å². The molecule has 0 atom stereocenters. The highest BCUT2D eigenvalue weighted by Crippen LogP contribution is 2.34. The molecule has 2 amide bonds. The van der Waals surface area contributed by atoms with Crippen LogP contribution in [0, 0.1) is 0 Å². The third-order valence-electron chi connectivity index (χ3n) is 5.93. The van der Waals surface area contributed by atoms with Gasteiger partial charge in [0.05, 0.1) is 12.7 Å². The average Bonchev–Trinajstić information content (AvgIpc) is 3.43. The summed E-state index contributed by atoms with van der Waals surface area (Å²) in [6.45, 7) is 1.50. The maximum absolute atomic E-state index is 12.4. The molecule has 1 aliphatic rings. The minimum Gasteiger partial charge on any atom is -0.496 e. The fourth-order valence-corrected chi connectivity index (χ4v) is 4.31. The number of carbonyl (C=O) groups is 2. The smallest absolute Gasteiger partial charge is 0.249 e. The van der Waals surface area contributed by atoms with Gasteiger partial charge in [-0.05, 0) is 25.0 Å². The first-order chi connectivity index (χ1) is 16.5. The summed E-state index contributed by atoms with van der Waals surface area (Å²) in [6, 6.07) is 7.39. The van der Waals surface area contributed by atoms with E-state index in [0.717, 1.165) is 44.1 Å². The van der Waals surface area contributed by atoms with Crippen LogP contribution in [-0.2, 0) is 21.5 Å². The minimum atomic E-state index is -0.611. The van der Waals surface area contributed by atoms with Gasteiger partial charge in [-0.1, -0.05) is 43.0 Å². The Hall–Kier alpha value is -3.76. The number of carbonyl (C=O) groups excluding carboxylic acids is 2. The number of rotatable bonds is 8. The first-order valence-corrected chi connectivity index (χ1v) is 11.5. The molecule has 11 nitrogen and oxygen atoms in total. The Morgan fingerprint density at radius 1 is 1.15 bits per heavy atom. The molecule has 34 heavy (non-hydrogen) atoms. The number of H-pyrrole nitrogens is 1. The standard InChI is InChI=1S/C23H29N7O4/c1-15(31)27-23(13-7-3-4-8-14-23)21-25-19(34-30-21)12-11-18(32)24-22-26-20(28-29-22)16-9-5-6-10-17(16)33-2/h5-6,9-10H,3-4,7-8,11-14H2,1-2H3,(H,27,31)(H2,24,26,28,29,32). The van der Waals surface area contributed by atoms with Crippen LogP contribution >= 0.6 is 0 Å². The van der Waals surface area contributed by atoms with E-state index in [1.54, 1.807) is 7.11 Å². The summed E-state index contributed by atoms with van der Waals surface area (Å²) in [4.78, 5) is 33.1. The lowest BCUT2D eigenvalue weighted by Gasteiger charge is -2.30. The zero-order chi connectivity index (χ0) is 24.0. The lowest BCUT2D eigenvalue weighted by atomic mass is 9.89. The summed E-state index contributed by atoms with van der Waals surface area (Å²) in [5.41, 5.74) is 0.128. The molecule has 1 saturated carbocycles. The molecule has 11 heteroatoms. The molecule has 1 fully saturated rings. The van der Waals surface area contributed by atoms with Crippen LogP contribution in [0.2, 0.25) is 0 Å². The van der Waals surface area contributed by atoms with Gasteiger partial charge in [0.1, 0.15) is 11.3 Å². The molecule has 0 spiro atoms. The highest BCUT2D eigenvalue weighted by Gasteiger charge is 2.38. The van der Waals surface area contributed by atoms with E-state index in [1.807, 2.05) is 24.3 Å². The molecular weight excluding hydrogens is 438 g/mol. The molecule has 1 aliphatic carbocycles. The number of methoxy groups -OCH3 is 1. The maximum Gasteiger partial charge on any atom is 0.249 e. The van der Waals surface area contributed by atoms with Crippen LogP contribution in [0.1, 0.15) is 63.6 Å². The number of ether oxygens (including phenoxy) is 1. The van der Waals surface area contributed by atoms with Crippen molar-refractivity contribution >= 4 is 17.8 Å². The molecule has 0 aliphatic heterocycles. The highest BCUT2D eigenvalue weighted by atomic mass is 16.5. The van der Waals surface area contributed by atoms with Crippen molar-refractivity contribution in [1.29, 1.82) is 0 Å². The zero-order valence-corrected chi connectivity index (χ0v) is 19.4. The van der Waals surface area contributed by atoms with Gasteiger partial charge in [-0.15, -0.1) is 5.10 Å². The number of nitrogens with zero attached hydrogens (tertiary/aromatic N) is 4. The van der Waals surface area contributed by atoms with E-state index < -0.39 is 5.54 Å². The van der Waals surface area contributed by atoms with Gasteiger partial charge in [0.15, 0.2) is 11.6 Å². The minimum absolute atomic E-state index is 0.118. The number of hydrogen-bond donors (Lipinski definition) is 3. The van der Waals surface area contributed by atoms with Crippen molar-refractivity contribution in [2.75, 3.05) is 12.4 Å². The number of nitrogens with one attached hydrogen (secondary N) is 3. The number of anilines is 1. The fraction of sp³-hybridized carbons (Fsp3) is 0.478. The Morgan fingerprint density at radius 2 is 1.91 bits per heavy atom. The topological polar surface area (TPSA) is 148 Å². The van der Waals surface area contributed by atoms with Crippen LogP contribution in [0.4, 0.5) is 5.95 Å². The highest BCUT2D eigenvalue weighted by molar-refractivity contribution is 5.89. The second-order valence-electron chi connectivity index (χ2n) is 8.45. The molecule has 2 heterocycles. The largest absolute Gasteiger partial charge is 0.496 e. The van der Waals surface area contributed by atoms with Crippen LogP contribution in [0.15, 0.2) is 28.8 Å². The molecule has 180 valence electrons. The number of para-hydroxylation sites is 1. The molecule has 0 unspecified atom stereocenters. The molecule has 2 aromatic heterocycles. The monoisotopic (exact) mass is 467 g/mol. The van der Waals surface area contributed by atoms with Crippen molar-refractivity contribution < 1.29 is 18.8 Å². The Balaban J connectivity index is 1.37. The number of aromatic amines is 1. The van der Waals surface area contributed by atoms with Crippen LogP contribution < -0.4 is 15.4 Å². The quantitative estimate of drug-likeness (QED) is 0.428. The lowest BCUT2D eigenvalue weighted by molar-refractivity contribution is -0.121. The predicted molar refractivity (Wildman–Crippen MR) is 123 cm³/mol. The van der Waals surface area contributed by atoms with Crippen LogP contribution in [0.5, 0.6) is 5.75 Å². The first kappa shape index (κ1) is 23.4. The SMILES string of the molecule is COc1ccccc1-c1nc(NC(=O)CCc2nc(C3(NC(C)=O)CCCCCC3)no2)n[nH]1. The second-order valence-corrected chi connectivity index (χ2v) is 8.45. The Labute approximate surface area is 197 Å². The molecule has 4 rings (SSSR count). The van der Waals surface area contributed by atoms with Crippen LogP contribution in [0.25, 0.3) is 11.4 Å². The Morgan fingerprint density at radius 3 is 2.65 bits per heavy atom. The zero-order valence-electron chi connectivity index (χ0n) is 19.4. The van der Waals surface area contributed by atoms with E-state index in [9.17, 15) is 9.59 Å². The van der Waals surface area contributed by atoms with Gasteiger partial charge >= 0.3 is 0 Å². The molecule has 0 saturated heterocycles. The predicted octanol–water partition coefficient (Wildman–Crippen LogP) is 3.12. The molecule has 3 N–H and O–H groups in total. The second kappa shape index (κ2) is 10.4. The summed E-state index contributed by atoms with van der Waals surface area (Å²) in [6.07, 6.45) is 6.13. The average molecular weight is 468 g/mol. The van der Waals surface area contributed by atoms with Crippen molar-refractivity contribution in [2.24, 2.45) is 0 Å². The number of aromatic nitrogens is 5. The van der Waals surface area contributed by atoms with Gasteiger partial charge in [-0.25, -0.2) is 0 Å². The van der Waals surface area contributed by atoms with Crippen LogP contribution in [-0.4, -0.2) is 44.2 Å². The maximum atomic E-state index is 12.4. The van der Waals surface area contributed by atoms with Gasteiger partial charge < -0.3 is 14.6 Å². The third kappa shape index (κ3) is 5.41. The van der Waals surface area contributed by atoms with E-state index >= 15 is 0 Å². The van der Waals surface area contributed by atoms with Crippen molar-refractivity contribution in [3.8, 4) is 17.1 Å². The third-order valence-corrected chi connectivity index (χ3v) is 5.93. The van der Waals surface area contributed by atoms with Gasteiger partial charge in [0.25, 0.3) is 0 Å². The van der Waals surface area contributed by atoms with Gasteiger partial charge in [-0.2, -0.15) is 9.97 Å². The van der Waals surface area contributed by atoms with Crippen molar-refractivity contribution in [3.63, 3.8) is 0 Å². The van der Waals surface area contributed by atoms with Crippen molar-refractivity contribution in [1.82, 2.24) is 30.6 Å². The van der Waals surface area contributed by atoms with Gasteiger partial charge in [0, 0.05) is 19.8 Å². The summed E-state index contributed by atoms with van der Waals surface area (Å²) in [5, 5.41) is 16.7. The van der Waals surface area contributed by atoms with Gasteiger partial charge in [0.2, 0.25) is 23.7 Å². The normalized spacial score (nSPS) is 15.4. The fourth-order valence-electron chi connectivity index (χ4n) is 4.31. The molecule has 1 aromatic carbocycles.